The van der Waals surface area contributed by atoms with Crippen molar-refractivity contribution in [3.8, 4) is 28.2 Å². The van der Waals surface area contributed by atoms with E-state index in [-0.39, 0.29) is 5.11 Å². The van der Waals surface area contributed by atoms with Crippen LogP contribution in [-0.2, 0) is 4.79 Å². The summed E-state index contributed by atoms with van der Waals surface area (Å²) >= 11 is 11.5. The van der Waals surface area contributed by atoms with Crippen molar-refractivity contribution < 1.29 is 18.4 Å². The van der Waals surface area contributed by atoms with Gasteiger partial charge in [0.05, 0.1) is 12.7 Å². The summed E-state index contributed by atoms with van der Waals surface area (Å²) in [5, 5.41) is 7.08. The maximum Gasteiger partial charge on any atom is 0.344 e. The van der Waals surface area contributed by atoms with E-state index in [9.17, 15) is 9.59 Å². The highest BCUT2D eigenvalue weighted by molar-refractivity contribution is 7.80. The average Bonchev–Trinajstić information content (AvgIpc) is 3.42. The fraction of sp³-hybridized carbons (Fsp3) is 0.0645. The highest BCUT2D eigenvalue weighted by Gasteiger charge is 2.14. The number of nitrogens with one attached hydrogen (secondary N) is 2. The minimum atomic E-state index is -0.473. The first kappa shape index (κ1) is 26.9. The maximum absolute atomic E-state index is 12.6. The first-order valence-electron chi connectivity index (χ1n) is 12.2. The van der Waals surface area contributed by atoms with E-state index in [1.54, 1.807) is 48.5 Å². The van der Waals surface area contributed by atoms with E-state index < -0.39 is 11.5 Å². The van der Waals surface area contributed by atoms with Gasteiger partial charge in [0, 0.05) is 39.4 Å². The minimum Gasteiger partial charge on any atom is -0.496 e. The standard InChI is InChI=1S/C31H23ClN2O5S/c1-18-7-8-20(16-25(18)32)27-13-10-22(38-27)11-14-29(35)34-31(40)33-21-9-12-23(28(17-21)37-2)24-15-19-5-3-4-6-26(19)39-30(24)36/h3-17H,1-2H3,(H2,33,34,35,40)/b14-11+. The van der Waals surface area contributed by atoms with E-state index in [2.05, 4.69) is 10.6 Å². The molecule has 0 unspecified atom stereocenters. The molecular formula is C31H23ClN2O5S. The molecule has 0 fully saturated rings. The van der Waals surface area contributed by atoms with Gasteiger partial charge in [-0.2, -0.15) is 0 Å². The van der Waals surface area contributed by atoms with Crippen LogP contribution in [0, 0.1) is 6.92 Å². The molecule has 0 spiro atoms. The number of hydrogen-bond donors (Lipinski definition) is 2. The van der Waals surface area contributed by atoms with E-state index in [0.717, 1.165) is 16.5 Å². The number of carbonyl (C=O) groups is 1. The van der Waals surface area contributed by atoms with Crippen molar-refractivity contribution in [3.05, 3.63) is 112 Å². The van der Waals surface area contributed by atoms with Gasteiger partial charge in [-0.15, -0.1) is 0 Å². The van der Waals surface area contributed by atoms with Crippen molar-refractivity contribution in [2.24, 2.45) is 0 Å². The molecular weight excluding hydrogens is 548 g/mol. The number of thiocarbonyl (C=S) groups is 1. The van der Waals surface area contributed by atoms with Gasteiger partial charge in [-0.1, -0.05) is 41.9 Å². The lowest BCUT2D eigenvalue weighted by Gasteiger charge is -2.13. The third-order valence-electron chi connectivity index (χ3n) is 6.11. The van der Waals surface area contributed by atoms with Crippen molar-refractivity contribution in [2.75, 3.05) is 12.4 Å². The van der Waals surface area contributed by atoms with Gasteiger partial charge in [0.25, 0.3) is 0 Å². The number of furan rings is 1. The highest BCUT2D eigenvalue weighted by atomic mass is 35.5. The summed E-state index contributed by atoms with van der Waals surface area (Å²) < 4.78 is 16.8. The highest BCUT2D eigenvalue weighted by Crippen LogP contribution is 2.32. The molecule has 2 aromatic heterocycles. The van der Waals surface area contributed by atoms with Crippen LogP contribution in [0.5, 0.6) is 5.75 Å². The number of fused-ring (bicyclic) bond motifs is 1. The number of hydrogen-bond acceptors (Lipinski definition) is 6. The second-order valence-electron chi connectivity index (χ2n) is 8.84. The first-order chi connectivity index (χ1) is 19.3. The summed E-state index contributed by atoms with van der Waals surface area (Å²) in [6.07, 6.45) is 2.87. The molecule has 0 atom stereocenters. The molecule has 0 bridgehead atoms. The van der Waals surface area contributed by atoms with Crippen LogP contribution in [0.25, 0.3) is 39.5 Å². The Labute approximate surface area is 240 Å². The van der Waals surface area contributed by atoms with Crippen LogP contribution in [-0.4, -0.2) is 18.1 Å². The molecule has 1 amide bonds. The smallest absolute Gasteiger partial charge is 0.344 e. The van der Waals surface area contributed by atoms with Gasteiger partial charge in [0.2, 0.25) is 5.91 Å². The zero-order valence-electron chi connectivity index (χ0n) is 21.5. The molecule has 2 heterocycles. The lowest BCUT2D eigenvalue weighted by Crippen LogP contribution is -2.32. The molecule has 0 saturated heterocycles. The number of rotatable bonds is 6. The minimum absolute atomic E-state index is 0.0871. The predicted molar refractivity (Wildman–Crippen MR) is 162 cm³/mol. The van der Waals surface area contributed by atoms with E-state index in [1.807, 2.05) is 43.3 Å². The van der Waals surface area contributed by atoms with E-state index in [0.29, 0.717) is 44.7 Å². The van der Waals surface area contributed by atoms with Crippen LogP contribution in [0.3, 0.4) is 0 Å². The second-order valence-corrected chi connectivity index (χ2v) is 9.66. The van der Waals surface area contributed by atoms with Crippen molar-refractivity contribution in [2.45, 2.75) is 6.92 Å². The SMILES string of the molecule is COc1cc(NC(=S)NC(=O)/C=C/c2ccc(-c3ccc(C)c(Cl)c3)o2)ccc1-c1cc2ccccc2oc1=O. The Balaban J connectivity index is 1.24. The van der Waals surface area contributed by atoms with Crippen molar-refractivity contribution in [1.29, 1.82) is 0 Å². The third-order valence-corrected chi connectivity index (χ3v) is 6.72. The van der Waals surface area contributed by atoms with Crippen molar-refractivity contribution in [1.82, 2.24) is 5.32 Å². The zero-order valence-corrected chi connectivity index (χ0v) is 23.1. The molecule has 2 N–H and O–H groups in total. The first-order valence-corrected chi connectivity index (χ1v) is 13.0. The number of methoxy groups -OCH3 is 1. The Bertz CT molecular complexity index is 1840. The number of anilines is 1. The summed E-state index contributed by atoms with van der Waals surface area (Å²) in [7, 11) is 1.50. The summed E-state index contributed by atoms with van der Waals surface area (Å²) in [6, 6.07) is 23.4. The fourth-order valence-corrected chi connectivity index (χ4v) is 4.46. The monoisotopic (exact) mass is 570 g/mol. The molecule has 3 aromatic carbocycles. The average molecular weight is 571 g/mol. The number of para-hydroxylation sites is 1. The predicted octanol–water partition coefficient (Wildman–Crippen LogP) is 7.22. The molecule has 0 radical (unpaired) electrons. The van der Waals surface area contributed by atoms with E-state index >= 15 is 0 Å². The maximum atomic E-state index is 12.6. The van der Waals surface area contributed by atoms with Crippen LogP contribution in [0.1, 0.15) is 11.3 Å². The molecule has 0 aliphatic rings. The number of aryl methyl sites for hydroxylation is 1. The Hall–Kier alpha value is -4.66. The summed E-state index contributed by atoms with van der Waals surface area (Å²) in [4.78, 5) is 25.1. The quantitative estimate of drug-likeness (QED) is 0.126. The lowest BCUT2D eigenvalue weighted by molar-refractivity contribution is -0.115. The van der Waals surface area contributed by atoms with Crippen LogP contribution >= 0.6 is 23.8 Å². The van der Waals surface area contributed by atoms with Gasteiger partial charge in [0.15, 0.2) is 5.11 Å². The van der Waals surface area contributed by atoms with Crippen molar-refractivity contribution >= 4 is 57.6 Å². The molecule has 40 heavy (non-hydrogen) atoms. The fourth-order valence-electron chi connectivity index (χ4n) is 4.06. The van der Waals surface area contributed by atoms with E-state index in [4.69, 9.17) is 37.4 Å². The van der Waals surface area contributed by atoms with Crippen molar-refractivity contribution in [3.63, 3.8) is 0 Å². The molecule has 0 saturated carbocycles. The Kier molecular flexibility index (Phi) is 7.82. The molecule has 0 aliphatic heterocycles. The zero-order chi connectivity index (χ0) is 28.2. The summed E-state index contributed by atoms with van der Waals surface area (Å²) in [5.41, 5.74) is 3.35. The summed E-state index contributed by atoms with van der Waals surface area (Å²) in [6.45, 7) is 1.93. The third kappa shape index (κ3) is 5.98. The molecule has 0 aliphatic carbocycles. The van der Waals surface area contributed by atoms with Gasteiger partial charge in [0.1, 0.15) is 22.9 Å². The molecule has 5 aromatic rings. The normalized spacial score (nSPS) is 11.1. The largest absolute Gasteiger partial charge is 0.496 e. The Morgan fingerprint density at radius 2 is 1.80 bits per heavy atom. The second kappa shape index (κ2) is 11.6. The molecule has 7 nitrogen and oxygen atoms in total. The topological polar surface area (TPSA) is 93.7 Å². The van der Waals surface area contributed by atoms with E-state index in [1.165, 1.54) is 13.2 Å². The van der Waals surface area contributed by atoms with Crippen LogP contribution < -0.4 is 21.0 Å². The molecule has 5 rings (SSSR count). The Morgan fingerprint density at radius 1 is 0.975 bits per heavy atom. The number of ether oxygens (including phenoxy) is 1. The Morgan fingerprint density at radius 3 is 2.60 bits per heavy atom. The van der Waals surface area contributed by atoms with Crippen LogP contribution in [0.15, 0.2) is 98.6 Å². The van der Waals surface area contributed by atoms with Crippen LogP contribution in [0.4, 0.5) is 5.69 Å². The van der Waals surface area contributed by atoms with Gasteiger partial charge in [-0.3, -0.25) is 10.1 Å². The molecule has 200 valence electrons. The van der Waals surface area contributed by atoms with Gasteiger partial charge >= 0.3 is 5.63 Å². The van der Waals surface area contributed by atoms with Gasteiger partial charge in [-0.05, 0) is 73.2 Å². The number of carbonyl (C=O) groups excluding carboxylic acids is 1. The lowest BCUT2D eigenvalue weighted by atomic mass is 10.0. The number of benzene rings is 3. The number of amides is 1. The summed E-state index contributed by atoms with van der Waals surface area (Å²) in [5.74, 6) is 1.13. The van der Waals surface area contributed by atoms with Gasteiger partial charge < -0.3 is 18.9 Å². The van der Waals surface area contributed by atoms with Crippen LogP contribution in [0.2, 0.25) is 5.02 Å². The van der Waals surface area contributed by atoms with Gasteiger partial charge in [-0.25, -0.2) is 4.79 Å². The molecule has 9 heteroatoms. The number of halogens is 1.